The molecule has 24 heavy (non-hydrogen) atoms. The Morgan fingerprint density at radius 1 is 1.21 bits per heavy atom. The number of hydrogen-bond donors (Lipinski definition) is 0. The number of carbonyl (C=O) groups is 1. The molecule has 1 amide bonds. The monoisotopic (exact) mass is 323 g/mol. The Kier molecular flexibility index (Phi) is 2.95. The van der Waals surface area contributed by atoms with Crippen molar-refractivity contribution in [3.63, 3.8) is 0 Å². The SMILES string of the molecule is O=C(c1cn2ccccc2n1)N1CCC[C@@H]1c1noc(C2CC2)n1. The van der Waals surface area contributed by atoms with E-state index in [1.54, 1.807) is 6.20 Å². The number of nitrogens with zero attached hydrogens (tertiary/aromatic N) is 5. The second-order valence-electron chi connectivity index (χ2n) is 6.51. The fourth-order valence-electron chi connectivity index (χ4n) is 3.34. The van der Waals surface area contributed by atoms with Crippen molar-refractivity contribution in [1.29, 1.82) is 0 Å². The van der Waals surface area contributed by atoms with E-state index in [-0.39, 0.29) is 11.9 Å². The molecule has 3 aromatic rings. The molecule has 0 aromatic carbocycles. The van der Waals surface area contributed by atoms with Crippen molar-refractivity contribution >= 4 is 11.6 Å². The molecule has 0 radical (unpaired) electrons. The maximum Gasteiger partial charge on any atom is 0.274 e. The van der Waals surface area contributed by atoms with Gasteiger partial charge in [-0.25, -0.2) is 4.98 Å². The second kappa shape index (κ2) is 5.15. The zero-order chi connectivity index (χ0) is 16.1. The molecular formula is C17H17N5O2. The van der Waals surface area contributed by atoms with E-state index >= 15 is 0 Å². The van der Waals surface area contributed by atoms with Gasteiger partial charge in [0.25, 0.3) is 5.91 Å². The third-order valence-electron chi connectivity index (χ3n) is 4.78. The number of hydrogen-bond acceptors (Lipinski definition) is 5. The van der Waals surface area contributed by atoms with Crippen LogP contribution in [0.5, 0.6) is 0 Å². The van der Waals surface area contributed by atoms with Gasteiger partial charge in [0.1, 0.15) is 11.3 Å². The van der Waals surface area contributed by atoms with E-state index in [0.717, 1.165) is 37.2 Å². The Hall–Kier alpha value is -2.70. The molecule has 1 aliphatic heterocycles. The minimum Gasteiger partial charge on any atom is -0.339 e. The average molecular weight is 323 g/mol. The summed E-state index contributed by atoms with van der Waals surface area (Å²) in [4.78, 5) is 23.7. The van der Waals surface area contributed by atoms with Crippen LogP contribution in [0.4, 0.5) is 0 Å². The summed E-state index contributed by atoms with van der Waals surface area (Å²) in [5, 5.41) is 4.12. The number of imidazole rings is 1. The van der Waals surface area contributed by atoms with Crippen LogP contribution < -0.4 is 0 Å². The molecule has 0 spiro atoms. The highest BCUT2D eigenvalue weighted by Crippen LogP contribution is 2.40. The number of fused-ring (bicyclic) bond motifs is 1. The molecule has 0 N–H and O–H groups in total. The largest absolute Gasteiger partial charge is 0.339 e. The third kappa shape index (κ3) is 2.19. The lowest BCUT2D eigenvalue weighted by Gasteiger charge is -2.20. The summed E-state index contributed by atoms with van der Waals surface area (Å²) in [6.07, 6.45) is 7.72. The normalized spacial score (nSPS) is 20.8. The Labute approximate surface area is 138 Å². The summed E-state index contributed by atoms with van der Waals surface area (Å²) >= 11 is 0. The van der Waals surface area contributed by atoms with Crippen molar-refractivity contribution in [3.8, 4) is 0 Å². The lowest BCUT2D eigenvalue weighted by atomic mass is 10.2. The molecule has 7 nitrogen and oxygen atoms in total. The van der Waals surface area contributed by atoms with E-state index in [1.807, 2.05) is 33.7 Å². The quantitative estimate of drug-likeness (QED) is 0.740. The summed E-state index contributed by atoms with van der Waals surface area (Å²) in [5.74, 6) is 1.71. The molecule has 1 atom stereocenters. The summed E-state index contributed by atoms with van der Waals surface area (Å²) in [6.45, 7) is 0.699. The fraction of sp³-hybridized carbons (Fsp3) is 0.412. The standard InChI is InChI=1S/C17H17N5O2/c23-17(12-10-21-8-2-1-5-14(21)18-12)22-9-3-4-13(22)15-19-16(24-20-15)11-6-7-11/h1-2,5,8,10-11,13H,3-4,6-7,9H2/t13-/m1/s1. The number of carbonyl (C=O) groups excluding carboxylic acids is 1. The molecule has 2 fully saturated rings. The van der Waals surface area contributed by atoms with Gasteiger partial charge in [0, 0.05) is 24.9 Å². The van der Waals surface area contributed by atoms with Gasteiger partial charge in [0.15, 0.2) is 5.82 Å². The van der Waals surface area contributed by atoms with E-state index in [4.69, 9.17) is 4.52 Å². The van der Waals surface area contributed by atoms with E-state index in [2.05, 4.69) is 15.1 Å². The van der Waals surface area contributed by atoms with Crippen molar-refractivity contribution in [2.75, 3.05) is 6.54 Å². The Morgan fingerprint density at radius 2 is 2.12 bits per heavy atom. The Bertz CT molecular complexity index is 877. The van der Waals surface area contributed by atoms with E-state index in [9.17, 15) is 4.79 Å². The van der Waals surface area contributed by atoms with Crippen LogP contribution >= 0.6 is 0 Å². The van der Waals surface area contributed by atoms with Crippen LogP contribution in [0.15, 0.2) is 35.1 Å². The number of rotatable bonds is 3. The van der Waals surface area contributed by atoms with Crippen molar-refractivity contribution in [2.45, 2.75) is 37.6 Å². The van der Waals surface area contributed by atoms with Gasteiger partial charge in [-0.15, -0.1) is 0 Å². The number of amides is 1. The van der Waals surface area contributed by atoms with Gasteiger partial charge in [-0.1, -0.05) is 11.2 Å². The molecule has 5 rings (SSSR count). The van der Waals surface area contributed by atoms with Crippen LogP contribution in [-0.4, -0.2) is 36.9 Å². The first-order valence-corrected chi connectivity index (χ1v) is 8.38. The number of likely N-dealkylation sites (tertiary alicyclic amines) is 1. The smallest absolute Gasteiger partial charge is 0.274 e. The van der Waals surface area contributed by atoms with Crippen molar-refractivity contribution in [3.05, 3.63) is 48.0 Å². The van der Waals surface area contributed by atoms with Gasteiger partial charge in [-0.3, -0.25) is 4.79 Å². The van der Waals surface area contributed by atoms with Crippen LogP contribution in [0.1, 0.15) is 59.8 Å². The minimum absolute atomic E-state index is 0.0704. The predicted octanol–water partition coefficient (Wildman–Crippen LogP) is 2.57. The van der Waals surface area contributed by atoms with Crippen LogP contribution in [0, 0.1) is 0 Å². The topological polar surface area (TPSA) is 76.5 Å². The van der Waals surface area contributed by atoms with Gasteiger partial charge < -0.3 is 13.8 Å². The van der Waals surface area contributed by atoms with Crippen molar-refractivity contribution < 1.29 is 9.32 Å². The lowest BCUT2D eigenvalue weighted by Crippen LogP contribution is -2.31. The van der Waals surface area contributed by atoms with Crippen LogP contribution in [0.25, 0.3) is 5.65 Å². The van der Waals surface area contributed by atoms with Gasteiger partial charge in [0.05, 0.1) is 6.04 Å². The lowest BCUT2D eigenvalue weighted by molar-refractivity contribution is 0.0723. The molecule has 122 valence electrons. The van der Waals surface area contributed by atoms with Crippen molar-refractivity contribution in [1.82, 2.24) is 24.4 Å². The maximum absolute atomic E-state index is 12.9. The first kappa shape index (κ1) is 13.7. The molecule has 1 saturated heterocycles. The van der Waals surface area contributed by atoms with Crippen LogP contribution in [-0.2, 0) is 0 Å². The van der Waals surface area contributed by atoms with Gasteiger partial charge in [-0.05, 0) is 37.8 Å². The Morgan fingerprint density at radius 3 is 2.96 bits per heavy atom. The predicted molar refractivity (Wildman–Crippen MR) is 84.5 cm³/mol. The molecule has 4 heterocycles. The molecule has 1 saturated carbocycles. The molecule has 0 unspecified atom stereocenters. The first-order valence-electron chi connectivity index (χ1n) is 8.38. The highest BCUT2D eigenvalue weighted by molar-refractivity contribution is 5.93. The zero-order valence-electron chi connectivity index (χ0n) is 13.1. The van der Waals surface area contributed by atoms with Crippen LogP contribution in [0.2, 0.25) is 0 Å². The van der Waals surface area contributed by atoms with Gasteiger partial charge in [0.2, 0.25) is 5.89 Å². The summed E-state index contributed by atoms with van der Waals surface area (Å²) in [6, 6.07) is 5.60. The molecule has 1 aliphatic carbocycles. The first-order chi connectivity index (χ1) is 11.8. The number of pyridine rings is 1. The zero-order valence-corrected chi connectivity index (χ0v) is 13.1. The molecule has 3 aromatic heterocycles. The summed E-state index contributed by atoms with van der Waals surface area (Å²) < 4.78 is 7.22. The fourth-order valence-corrected chi connectivity index (χ4v) is 3.34. The van der Waals surface area contributed by atoms with Gasteiger partial charge >= 0.3 is 0 Å². The minimum atomic E-state index is -0.112. The Balaban J connectivity index is 1.44. The number of aromatic nitrogens is 4. The van der Waals surface area contributed by atoms with E-state index in [1.165, 1.54) is 0 Å². The summed E-state index contributed by atoms with van der Waals surface area (Å²) in [5.41, 5.74) is 1.23. The average Bonchev–Trinajstić information content (AvgIpc) is 3.06. The van der Waals surface area contributed by atoms with E-state index in [0.29, 0.717) is 24.0 Å². The van der Waals surface area contributed by atoms with E-state index < -0.39 is 0 Å². The second-order valence-corrected chi connectivity index (χ2v) is 6.51. The maximum atomic E-state index is 12.9. The molecule has 2 aliphatic rings. The van der Waals surface area contributed by atoms with Gasteiger partial charge in [-0.2, -0.15) is 4.98 Å². The molecule has 7 heteroatoms. The summed E-state index contributed by atoms with van der Waals surface area (Å²) in [7, 11) is 0. The third-order valence-corrected chi connectivity index (χ3v) is 4.78. The highest BCUT2D eigenvalue weighted by atomic mass is 16.5. The molecular weight excluding hydrogens is 306 g/mol. The highest BCUT2D eigenvalue weighted by Gasteiger charge is 2.37. The van der Waals surface area contributed by atoms with Crippen LogP contribution in [0.3, 0.4) is 0 Å². The van der Waals surface area contributed by atoms with Crippen molar-refractivity contribution in [2.24, 2.45) is 0 Å². The molecule has 0 bridgehead atoms.